The lowest BCUT2D eigenvalue weighted by Crippen LogP contribution is -2.51. The van der Waals surface area contributed by atoms with Crippen molar-refractivity contribution in [2.45, 2.75) is 31.5 Å². The van der Waals surface area contributed by atoms with Crippen molar-refractivity contribution in [2.24, 2.45) is 0 Å². The fourth-order valence-electron chi connectivity index (χ4n) is 3.12. The molecule has 0 aromatic rings. The van der Waals surface area contributed by atoms with Gasteiger partial charge in [-0.05, 0) is 13.5 Å². The molecule has 9 heteroatoms. The highest BCUT2D eigenvalue weighted by atomic mass is 32.2. The van der Waals surface area contributed by atoms with E-state index in [1.54, 1.807) is 4.90 Å². The maximum Gasteiger partial charge on any atom is 0.246 e. The Morgan fingerprint density at radius 1 is 1.29 bits per heavy atom. The van der Waals surface area contributed by atoms with Crippen LogP contribution in [0.4, 0.5) is 0 Å². The molecule has 21 heavy (non-hydrogen) atoms. The topological polar surface area (TPSA) is 98.8 Å². The molecule has 2 N–H and O–H groups in total. The van der Waals surface area contributed by atoms with Crippen LogP contribution in [0.2, 0.25) is 0 Å². The van der Waals surface area contributed by atoms with Crippen molar-refractivity contribution in [1.29, 1.82) is 0 Å². The van der Waals surface area contributed by atoms with Gasteiger partial charge in [-0.25, -0.2) is 13.1 Å². The summed E-state index contributed by atoms with van der Waals surface area (Å²) >= 11 is 0. The summed E-state index contributed by atoms with van der Waals surface area (Å²) in [6.07, 6.45) is 1.71. The van der Waals surface area contributed by atoms with Gasteiger partial charge < -0.3 is 15.1 Å². The van der Waals surface area contributed by atoms with E-state index >= 15 is 0 Å². The van der Waals surface area contributed by atoms with E-state index in [9.17, 15) is 18.0 Å². The second-order valence-electron chi connectivity index (χ2n) is 5.94. The molecule has 0 spiro atoms. The van der Waals surface area contributed by atoms with E-state index < -0.39 is 16.1 Å². The van der Waals surface area contributed by atoms with Crippen LogP contribution in [0.25, 0.3) is 0 Å². The molecule has 0 aromatic carbocycles. The van der Waals surface area contributed by atoms with Crippen LogP contribution < -0.4 is 10.0 Å². The van der Waals surface area contributed by atoms with Gasteiger partial charge in [-0.1, -0.05) is 0 Å². The van der Waals surface area contributed by atoms with Gasteiger partial charge >= 0.3 is 0 Å². The second kappa shape index (κ2) is 5.90. The first kappa shape index (κ1) is 16.2. The quantitative estimate of drug-likeness (QED) is 0.624. The number of nitrogens with one attached hydrogen (secondary N) is 2. The standard InChI is InChI=1S/C12H22N4O4S/c1-8(17)13-11-7-15(2)6-10-4-9(14-21(3,19)20)5-16(10)12(11)18/h9-11,14H,4-7H2,1-3H3,(H,13,17)/t9-,10-,11-/m0/s1. The van der Waals surface area contributed by atoms with Gasteiger partial charge in [-0.15, -0.1) is 0 Å². The predicted molar refractivity (Wildman–Crippen MR) is 77.0 cm³/mol. The molecule has 2 aliphatic heterocycles. The van der Waals surface area contributed by atoms with Crippen LogP contribution in [0.15, 0.2) is 0 Å². The molecule has 2 rings (SSSR count). The van der Waals surface area contributed by atoms with Crippen molar-refractivity contribution in [3.63, 3.8) is 0 Å². The minimum absolute atomic E-state index is 0.0273. The van der Waals surface area contributed by atoms with E-state index in [-0.39, 0.29) is 23.9 Å². The first-order valence-electron chi connectivity index (χ1n) is 6.89. The smallest absolute Gasteiger partial charge is 0.246 e. The molecule has 2 amide bonds. The van der Waals surface area contributed by atoms with Gasteiger partial charge in [0.25, 0.3) is 0 Å². The van der Waals surface area contributed by atoms with E-state index in [2.05, 4.69) is 10.0 Å². The third-order valence-corrected chi connectivity index (χ3v) is 4.53. The van der Waals surface area contributed by atoms with Crippen LogP contribution in [-0.2, 0) is 19.6 Å². The number of nitrogens with zero attached hydrogens (tertiary/aromatic N) is 2. The number of fused-ring (bicyclic) bond motifs is 1. The first-order valence-corrected chi connectivity index (χ1v) is 8.78. The lowest BCUT2D eigenvalue weighted by atomic mass is 10.2. The van der Waals surface area contributed by atoms with Gasteiger partial charge in [0.2, 0.25) is 21.8 Å². The number of hydrogen-bond donors (Lipinski definition) is 2. The zero-order valence-corrected chi connectivity index (χ0v) is 13.3. The van der Waals surface area contributed by atoms with Crippen molar-refractivity contribution in [2.75, 3.05) is 32.9 Å². The Balaban J connectivity index is 2.13. The van der Waals surface area contributed by atoms with Crippen LogP contribution >= 0.6 is 0 Å². The summed E-state index contributed by atoms with van der Waals surface area (Å²) in [6.45, 7) is 2.87. The van der Waals surface area contributed by atoms with Gasteiger partial charge in [0, 0.05) is 38.6 Å². The molecule has 2 aliphatic rings. The monoisotopic (exact) mass is 318 g/mol. The summed E-state index contributed by atoms with van der Waals surface area (Å²) in [5, 5.41) is 2.67. The first-order chi connectivity index (χ1) is 9.65. The average Bonchev–Trinajstić information content (AvgIpc) is 2.62. The van der Waals surface area contributed by atoms with Crippen LogP contribution in [0.3, 0.4) is 0 Å². The summed E-state index contributed by atoms with van der Waals surface area (Å²) < 4.78 is 25.2. The number of amides is 2. The van der Waals surface area contributed by atoms with Crippen molar-refractivity contribution >= 4 is 21.8 Å². The largest absolute Gasteiger partial charge is 0.343 e. The molecule has 0 saturated carbocycles. The Bertz CT molecular complexity index is 535. The molecule has 0 aliphatic carbocycles. The maximum atomic E-state index is 12.5. The van der Waals surface area contributed by atoms with E-state index in [0.717, 1.165) is 6.26 Å². The summed E-state index contributed by atoms with van der Waals surface area (Å²) in [5.74, 6) is -0.387. The van der Waals surface area contributed by atoms with Gasteiger partial charge in [-0.3, -0.25) is 9.59 Å². The number of hydrogen-bond acceptors (Lipinski definition) is 5. The van der Waals surface area contributed by atoms with E-state index in [1.807, 2.05) is 11.9 Å². The predicted octanol–water partition coefficient (Wildman–Crippen LogP) is -2.04. The van der Waals surface area contributed by atoms with E-state index in [1.165, 1.54) is 6.92 Å². The Hall–Kier alpha value is -1.19. The SMILES string of the molecule is CC(=O)N[C@H]1CN(C)C[C@@H]2C[C@H](NS(C)(=O)=O)CN2C1=O. The zero-order chi connectivity index (χ0) is 15.8. The van der Waals surface area contributed by atoms with Gasteiger partial charge in [0.15, 0.2) is 0 Å². The van der Waals surface area contributed by atoms with Crippen LogP contribution in [-0.4, -0.2) is 81.1 Å². The fourth-order valence-corrected chi connectivity index (χ4v) is 3.90. The Morgan fingerprint density at radius 2 is 1.95 bits per heavy atom. The van der Waals surface area contributed by atoms with E-state index in [0.29, 0.717) is 26.1 Å². The van der Waals surface area contributed by atoms with Crippen molar-refractivity contribution in [3.05, 3.63) is 0 Å². The van der Waals surface area contributed by atoms with Crippen molar-refractivity contribution in [3.8, 4) is 0 Å². The Morgan fingerprint density at radius 3 is 2.52 bits per heavy atom. The van der Waals surface area contributed by atoms with Crippen LogP contribution in [0, 0.1) is 0 Å². The fraction of sp³-hybridized carbons (Fsp3) is 0.833. The zero-order valence-electron chi connectivity index (χ0n) is 12.5. The van der Waals surface area contributed by atoms with Gasteiger partial charge in [-0.2, -0.15) is 0 Å². The summed E-state index contributed by atoms with van der Waals surface area (Å²) in [6, 6.07) is -0.867. The molecular formula is C12H22N4O4S. The summed E-state index contributed by atoms with van der Waals surface area (Å²) in [7, 11) is -1.40. The summed E-state index contributed by atoms with van der Waals surface area (Å²) in [5.41, 5.74) is 0. The number of carbonyl (C=O) groups excluding carboxylic acids is 2. The minimum atomic E-state index is -3.29. The van der Waals surface area contributed by atoms with Crippen molar-refractivity contribution < 1.29 is 18.0 Å². The highest BCUT2D eigenvalue weighted by molar-refractivity contribution is 7.88. The lowest BCUT2D eigenvalue weighted by molar-refractivity contribution is -0.135. The van der Waals surface area contributed by atoms with Crippen LogP contribution in [0.5, 0.6) is 0 Å². The second-order valence-corrected chi connectivity index (χ2v) is 7.72. The normalized spacial score (nSPS) is 30.9. The molecule has 120 valence electrons. The molecule has 2 heterocycles. The molecule has 0 radical (unpaired) electrons. The third kappa shape index (κ3) is 4.14. The molecular weight excluding hydrogens is 296 g/mol. The Labute approximate surface area is 124 Å². The molecule has 8 nitrogen and oxygen atoms in total. The van der Waals surface area contributed by atoms with Gasteiger partial charge in [0.1, 0.15) is 6.04 Å². The highest BCUT2D eigenvalue weighted by Crippen LogP contribution is 2.23. The van der Waals surface area contributed by atoms with Gasteiger partial charge in [0.05, 0.1) is 6.26 Å². The number of likely N-dealkylation sites (N-methyl/N-ethyl adjacent to an activating group) is 1. The molecule has 3 atom stereocenters. The molecule has 2 fully saturated rings. The molecule has 0 bridgehead atoms. The lowest BCUT2D eigenvalue weighted by Gasteiger charge is -2.24. The maximum absolute atomic E-state index is 12.5. The average molecular weight is 318 g/mol. The van der Waals surface area contributed by atoms with Crippen molar-refractivity contribution in [1.82, 2.24) is 19.8 Å². The number of sulfonamides is 1. The third-order valence-electron chi connectivity index (χ3n) is 3.77. The van der Waals surface area contributed by atoms with Crippen LogP contribution in [0.1, 0.15) is 13.3 Å². The molecule has 0 aromatic heterocycles. The molecule has 2 saturated heterocycles. The highest BCUT2D eigenvalue weighted by Gasteiger charge is 2.42. The minimum Gasteiger partial charge on any atom is -0.343 e. The number of rotatable bonds is 3. The van der Waals surface area contributed by atoms with E-state index in [4.69, 9.17) is 0 Å². The number of carbonyl (C=O) groups is 2. The molecule has 0 unspecified atom stereocenters. The Kier molecular flexibility index (Phi) is 4.54. The summed E-state index contributed by atoms with van der Waals surface area (Å²) in [4.78, 5) is 27.4.